The summed E-state index contributed by atoms with van der Waals surface area (Å²) in [6.45, 7) is 8.70. The Hall–Kier alpha value is -1.55. The molecule has 2 N–H and O–H groups in total. The Morgan fingerprint density at radius 3 is 2.81 bits per heavy atom. The van der Waals surface area contributed by atoms with Crippen molar-refractivity contribution in [2.45, 2.75) is 26.7 Å². The Balaban J connectivity index is 1.79. The number of carbonyl (C=O) groups excluding carboxylic acids is 1. The Morgan fingerprint density at radius 2 is 2.14 bits per heavy atom. The van der Waals surface area contributed by atoms with E-state index in [-0.39, 0.29) is 11.8 Å². The van der Waals surface area contributed by atoms with Crippen LogP contribution in [0.3, 0.4) is 0 Å². The predicted molar refractivity (Wildman–Crippen MR) is 87.7 cm³/mol. The van der Waals surface area contributed by atoms with Crippen LogP contribution in [0.5, 0.6) is 0 Å². The summed E-state index contributed by atoms with van der Waals surface area (Å²) >= 11 is 0. The maximum absolute atomic E-state index is 12.1. The van der Waals surface area contributed by atoms with Gasteiger partial charge < -0.3 is 15.5 Å². The second kappa shape index (κ2) is 8.03. The van der Waals surface area contributed by atoms with Gasteiger partial charge in [0.25, 0.3) is 0 Å². The Morgan fingerprint density at radius 1 is 1.38 bits per heavy atom. The molecular formula is C17H27N3O. The number of nitrogens with one attached hydrogen (secondary N) is 2. The third-order valence-electron chi connectivity index (χ3n) is 4.14. The summed E-state index contributed by atoms with van der Waals surface area (Å²) in [7, 11) is 0. The van der Waals surface area contributed by atoms with Gasteiger partial charge >= 0.3 is 0 Å². The van der Waals surface area contributed by atoms with Crippen LogP contribution in [-0.2, 0) is 4.79 Å². The number of nitrogens with zero attached hydrogens (tertiary/aromatic N) is 1. The average Bonchev–Trinajstić information content (AvgIpc) is 2.52. The largest absolute Gasteiger partial charge is 0.370 e. The second-order valence-electron chi connectivity index (χ2n) is 5.73. The third-order valence-corrected chi connectivity index (χ3v) is 4.14. The highest BCUT2D eigenvalue weighted by atomic mass is 16.1. The summed E-state index contributed by atoms with van der Waals surface area (Å²) in [4.78, 5) is 14.4. The van der Waals surface area contributed by atoms with Crippen LogP contribution >= 0.6 is 0 Å². The van der Waals surface area contributed by atoms with Gasteiger partial charge in [-0.2, -0.15) is 0 Å². The number of aryl methyl sites for hydroxylation is 1. The molecule has 1 aromatic rings. The minimum Gasteiger partial charge on any atom is -0.370 e. The Labute approximate surface area is 127 Å². The average molecular weight is 289 g/mol. The predicted octanol–water partition coefficient (Wildman–Crippen LogP) is 1.94. The van der Waals surface area contributed by atoms with Gasteiger partial charge in [0.15, 0.2) is 0 Å². The van der Waals surface area contributed by atoms with Crippen molar-refractivity contribution in [2.75, 3.05) is 37.6 Å². The molecule has 1 aromatic carbocycles. The van der Waals surface area contributed by atoms with Crippen molar-refractivity contribution in [3.05, 3.63) is 29.8 Å². The highest BCUT2D eigenvalue weighted by Crippen LogP contribution is 2.15. The molecule has 1 saturated heterocycles. The maximum atomic E-state index is 12.1. The zero-order valence-electron chi connectivity index (χ0n) is 13.2. The molecule has 0 atom stereocenters. The van der Waals surface area contributed by atoms with Gasteiger partial charge in [0.2, 0.25) is 5.91 Å². The van der Waals surface area contributed by atoms with Crippen LogP contribution in [0.1, 0.15) is 25.3 Å². The van der Waals surface area contributed by atoms with Crippen molar-refractivity contribution >= 4 is 11.6 Å². The summed E-state index contributed by atoms with van der Waals surface area (Å²) in [5.74, 6) is 0.414. The van der Waals surface area contributed by atoms with Crippen LogP contribution in [0.15, 0.2) is 24.3 Å². The Kier molecular flexibility index (Phi) is 6.05. The van der Waals surface area contributed by atoms with E-state index in [9.17, 15) is 4.79 Å². The number of piperidine rings is 1. The van der Waals surface area contributed by atoms with Gasteiger partial charge in [0.05, 0.1) is 0 Å². The summed E-state index contributed by atoms with van der Waals surface area (Å²) in [5.41, 5.74) is 2.50. The van der Waals surface area contributed by atoms with Gasteiger partial charge in [0.1, 0.15) is 0 Å². The molecule has 0 aromatic heterocycles. The normalized spacial score (nSPS) is 15.7. The lowest BCUT2D eigenvalue weighted by molar-refractivity contribution is -0.125. The lowest BCUT2D eigenvalue weighted by Gasteiger charge is -2.25. The molecule has 116 valence electrons. The molecule has 1 aliphatic heterocycles. The van der Waals surface area contributed by atoms with Crippen LogP contribution in [0.4, 0.5) is 5.69 Å². The van der Waals surface area contributed by atoms with Crippen molar-refractivity contribution in [1.29, 1.82) is 0 Å². The SMILES string of the molecule is CCN(CCNC(=O)C1CCNCC1)c1cccc(C)c1. The van der Waals surface area contributed by atoms with Gasteiger partial charge in [-0.15, -0.1) is 0 Å². The van der Waals surface area contributed by atoms with E-state index < -0.39 is 0 Å². The van der Waals surface area contributed by atoms with Crippen molar-refractivity contribution in [1.82, 2.24) is 10.6 Å². The standard InChI is InChI=1S/C17H27N3O/c1-3-20(16-6-4-5-14(2)13-16)12-11-19-17(21)15-7-9-18-10-8-15/h4-6,13,15,18H,3,7-12H2,1-2H3,(H,19,21). The first-order valence-corrected chi connectivity index (χ1v) is 8.00. The maximum Gasteiger partial charge on any atom is 0.223 e. The molecule has 2 rings (SSSR count). The fourth-order valence-electron chi connectivity index (χ4n) is 2.84. The molecule has 1 amide bonds. The molecule has 21 heavy (non-hydrogen) atoms. The number of likely N-dealkylation sites (N-methyl/N-ethyl adjacent to an activating group) is 1. The van der Waals surface area contributed by atoms with E-state index in [1.165, 1.54) is 11.3 Å². The number of hydrogen-bond acceptors (Lipinski definition) is 3. The molecule has 0 aliphatic carbocycles. The first-order valence-electron chi connectivity index (χ1n) is 8.00. The fourth-order valence-corrected chi connectivity index (χ4v) is 2.84. The molecule has 0 bridgehead atoms. The third kappa shape index (κ3) is 4.74. The second-order valence-corrected chi connectivity index (χ2v) is 5.73. The van der Waals surface area contributed by atoms with Crippen molar-refractivity contribution in [3.63, 3.8) is 0 Å². The minimum absolute atomic E-state index is 0.195. The zero-order valence-corrected chi connectivity index (χ0v) is 13.2. The van der Waals surface area contributed by atoms with Crippen LogP contribution < -0.4 is 15.5 Å². The molecule has 1 aliphatic rings. The molecule has 0 saturated carbocycles. The van der Waals surface area contributed by atoms with E-state index >= 15 is 0 Å². The van der Waals surface area contributed by atoms with Crippen LogP contribution in [0, 0.1) is 12.8 Å². The molecule has 0 unspecified atom stereocenters. The van der Waals surface area contributed by atoms with E-state index in [0.717, 1.165) is 39.0 Å². The van der Waals surface area contributed by atoms with Gasteiger partial charge in [-0.3, -0.25) is 4.79 Å². The van der Waals surface area contributed by atoms with Crippen molar-refractivity contribution in [3.8, 4) is 0 Å². The Bertz CT molecular complexity index is 455. The molecule has 4 heteroatoms. The first kappa shape index (κ1) is 15.8. The van der Waals surface area contributed by atoms with E-state index in [2.05, 4.69) is 53.6 Å². The van der Waals surface area contributed by atoms with Crippen molar-refractivity contribution < 1.29 is 4.79 Å². The number of rotatable bonds is 6. The lowest BCUT2D eigenvalue weighted by Crippen LogP contribution is -2.41. The van der Waals surface area contributed by atoms with Gasteiger partial charge in [-0.25, -0.2) is 0 Å². The first-order chi connectivity index (χ1) is 10.2. The van der Waals surface area contributed by atoms with Crippen LogP contribution in [-0.4, -0.2) is 38.6 Å². The van der Waals surface area contributed by atoms with Gasteiger partial charge in [-0.05, 0) is 57.5 Å². The number of carbonyl (C=O) groups is 1. The fraction of sp³-hybridized carbons (Fsp3) is 0.588. The van der Waals surface area contributed by atoms with Crippen LogP contribution in [0.2, 0.25) is 0 Å². The summed E-state index contributed by atoms with van der Waals surface area (Å²) in [6, 6.07) is 8.51. The zero-order chi connectivity index (χ0) is 15.1. The van der Waals surface area contributed by atoms with E-state index in [1.807, 2.05) is 0 Å². The van der Waals surface area contributed by atoms with Crippen molar-refractivity contribution in [2.24, 2.45) is 5.92 Å². The number of hydrogen-bond donors (Lipinski definition) is 2. The minimum atomic E-state index is 0.195. The summed E-state index contributed by atoms with van der Waals surface area (Å²) < 4.78 is 0. The molecule has 0 spiro atoms. The summed E-state index contributed by atoms with van der Waals surface area (Å²) in [6.07, 6.45) is 1.92. The smallest absolute Gasteiger partial charge is 0.223 e. The van der Waals surface area contributed by atoms with E-state index in [0.29, 0.717) is 6.54 Å². The number of benzene rings is 1. The lowest BCUT2D eigenvalue weighted by atomic mass is 9.97. The molecule has 1 fully saturated rings. The monoisotopic (exact) mass is 289 g/mol. The van der Waals surface area contributed by atoms with E-state index in [4.69, 9.17) is 0 Å². The van der Waals surface area contributed by atoms with Crippen LogP contribution in [0.25, 0.3) is 0 Å². The molecule has 1 heterocycles. The highest BCUT2D eigenvalue weighted by molar-refractivity contribution is 5.78. The van der Waals surface area contributed by atoms with Gasteiger partial charge in [0, 0.05) is 31.2 Å². The molecular weight excluding hydrogens is 262 g/mol. The number of amides is 1. The molecule has 4 nitrogen and oxygen atoms in total. The molecule has 0 radical (unpaired) electrons. The summed E-state index contributed by atoms with van der Waals surface area (Å²) in [5, 5.41) is 6.38. The van der Waals surface area contributed by atoms with E-state index in [1.54, 1.807) is 0 Å². The number of anilines is 1. The highest BCUT2D eigenvalue weighted by Gasteiger charge is 2.20. The topological polar surface area (TPSA) is 44.4 Å². The van der Waals surface area contributed by atoms with Gasteiger partial charge in [-0.1, -0.05) is 12.1 Å². The quantitative estimate of drug-likeness (QED) is 0.841.